The lowest BCUT2D eigenvalue weighted by molar-refractivity contribution is 0.660. The standard InChI is InChI=1S/C44H34/c1-43(2)37-22-11-10-15-29(37)36-26-27(24-25-39(36)43)40-30-16-5-7-18-32(30)41(33-19-8-6-17-31(33)40)35-21-13-20-34-28-14-9-12-23-38(28)44(3,4)42(34)35/h5-26H,1-4H3. The highest BCUT2D eigenvalue weighted by molar-refractivity contribution is 6.22. The zero-order chi connectivity index (χ0) is 29.8. The lowest BCUT2D eigenvalue weighted by Crippen LogP contribution is -2.16. The summed E-state index contributed by atoms with van der Waals surface area (Å²) in [4.78, 5) is 0. The smallest absolute Gasteiger partial charge is 0.0165 e. The molecule has 7 aromatic rings. The molecule has 0 heteroatoms. The first-order valence-electron chi connectivity index (χ1n) is 15.8. The second kappa shape index (κ2) is 8.80. The zero-order valence-corrected chi connectivity index (χ0v) is 25.7. The van der Waals surface area contributed by atoms with Gasteiger partial charge in [-0.2, -0.15) is 0 Å². The summed E-state index contributed by atoms with van der Waals surface area (Å²) in [6.45, 7) is 9.50. The fourth-order valence-electron chi connectivity index (χ4n) is 8.66. The molecule has 0 fully saturated rings. The average molecular weight is 563 g/mol. The van der Waals surface area contributed by atoms with Crippen LogP contribution in [0, 0.1) is 0 Å². The maximum atomic E-state index is 2.46. The Morgan fingerprint density at radius 1 is 0.341 bits per heavy atom. The van der Waals surface area contributed by atoms with Gasteiger partial charge in [0.2, 0.25) is 0 Å². The van der Waals surface area contributed by atoms with E-state index in [9.17, 15) is 0 Å². The van der Waals surface area contributed by atoms with Gasteiger partial charge in [0.25, 0.3) is 0 Å². The van der Waals surface area contributed by atoms with Gasteiger partial charge < -0.3 is 0 Å². The van der Waals surface area contributed by atoms with Gasteiger partial charge in [-0.05, 0) is 94.4 Å². The van der Waals surface area contributed by atoms with Crippen LogP contribution >= 0.6 is 0 Å². The molecule has 0 saturated carbocycles. The molecule has 2 aliphatic rings. The van der Waals surface area contributed by atoms with Crippen molar-refractivity contribution in [3.8, 4) is 44.5 Å². The van der Waals surface area contributed by atoms with E-state index in [2.05, 4.69) is 161 Å². The van der Waals surface area contributed by atoms with Crippen LogP contribution < -0.4 is 0 Å². The molecule has 0 unspecified atom stereocenters. The van der Waals surface area contributed by atoms with Gasteiger partial charge in [-0.15, -0.1) is 0 Å². The number of rotatable bonds is 2. The van der Waals surface area contributed by atoms with E-state index >= 15 is 0 Å². The van der Waals surface area contributed by atoms with Gasteiger partial charge in [0, 0.05) is 10.8 Å². The molecular weight excluding hydrogens is 528 g/mol. The van der Waals surface area contributed by atoms with Gasteiger partial charge in [0.15, 0.2) is 0 Å². The predicted molar refractivity (Wildman–Crippen MR) is 187 cm³/mol. The summed E-state index contributed by atoms with van der Waals surface area (Å²) < 4.78 is 0. The largest absolute Gasteiger partial charge is 0.0619 e. The first-order chi connectivity index (χ1) is 21.4. The van der Waals surface area contributed by atoms with Gasteiger partial charge in [-0.3, -0.25) is 0 Å². The molecule has 44 heavy (non-hydrogen) atoms. The summed E-state index contributed by atoms with van der Waals surface area (Å²) >= 11 is 0. The molecule has 0 aliphatic heterocycles. The minimum Gasteiger partial charge on any atom is -0.0619 e. The molecular formula is C44H34. The average Bonchev–Trinajstić information content (AvgIpc) is 3.43. The first-order valence-corrected chi connectivity index (χ1v) is 15.8. The van der Waals surface area contributed by atoms with Crippen LogP contribution in [0.5, 0.6) is 0 Å². The Labute approximate surface area is 259 Å². The van der Waals surface area contributed by atoms with E-state index in [0.29, 0.717) is 0 Å². The van der Waals surface area contributed by atoms with Gasteiger partial charge in [0.1, 0.15) is 0 Å². The lowest BCUT2D eigenvalue weighted by atomic mass is 9.76. The van der Waals surface area contributed by atoms with E-state index in [4.69, 9.17) is 0 Å². The minimum absolute atomic E-state index is 0.00345. The van der Waals surface area contributed by atoms with Crippen molar-refractivity contribution in [3.05, 3.63) is 156 Å². The van der Waals surface area contributed by atoms with Gasteiger partial charge in [-0.25, -0.2) is 0 Å². The van der Waals surface area contributed by atoms with Crippen molar-refractivity contribution in [2.75, 3.05) is 0 Å². The second-order valence-corrected chi connectivity index (χ2v) is 13.7. The summed E-state index contributed by atoms with van der Waals surface area (Å²) in [7, 11) is 0. The summed E-state index contributed by atoms with van der Waals surface area (Å²) in [5, 5.41) is 5.22. The van der Waals surface area contributed by atoms with Crippen LogP contribution in [-0.4, -0.2) is 0 Å². The lowest BCUT2D eigenvalue weighted by Gasteiger charge is -2.26. The summed E-state index contributed by atoms with van der Waals surface area (Å²) in [5.41, 5.74) is 16.3. The van der Waals surface area contributed by atoms with Gasteiger partial charge in [-0.1, -0.05) is 155 Å². The Balaban J connectivity index is 1.37. The van der Waals surface area contributed by atoms with Gasteiger partial charge >= 0.3 is 0 Å². The third kappa shape index (κ3) is 3.23. The highest BCUT2D eigenvalue weighted by atomic mass is 14.4. The SMILES string of the molecule is CC1(C)c2ccccc2-c2cc(-c3c4ccccc4c(-c4cccc5c4C(C)(C)c4ccccc4-5)c4ccccc34)ccc21. The van der Waals surface area contributed by atoms with Crippen molar-refractivity contribution >= 4 is 21.5 Å². The highest BCUT2D eigenvalue weighted by Gasteiger charge is 2.38. The molecule has 0 amide bonds. The molecule has 9 rings (SSSR count). The first kappa shape index (κ1) is 25.5. The van der Waals surface area contributed by atoms with Crippen molar-refractivity contribution in [1.82, 2.24) is 0 Å². The molecule has 0 radical (unpaired) electrons. The minimum atomic E-state index is -0.0937. The van der Waals surface area contributed by atoms with Crippen molar-refractivity contribution in [2.45, 2.75) is 38.5 Å². The molecule has 0 heterocycles. The highest BCUT2D eigenvalue weighted by Crippen LogP contribution is 2.55. The maximum Gasteiger partial charge on any atom is 0.0165 e. The third-order valence-electron chi connectivity index (χ3n) is 10.7. The third-order valence-corrected chi connectivity index (χ3v) is 10.7. The zero-order valence-electron chi connectivity index (χ0n) is 25.7. The van der Waals surface area contributed by atoms with E-state index < -0.39 is 0 Å². The molecule has 0 N–H and O–H groups in total. The Bertz CT molecular complexity index is 2270. The van der Waals surface area contributed by atoms with E-state index in [-0.39, 0.29) is 10.8 Å². The van der Waals surface area contributed by atoms with Crippen LogP contribution in [0.1, 0.15) is 49.9 Å². The molecule has 2 aliphatic carbocycles. The predicted octanol–water partition coefficient (Wildman–Crippen LogP) is 11.9. The van der Waals surface area contributed by atoms with Crippen LogP contribution in [-0.2, 0) is 10.8 Å². The quantitative estimate of drug-likeness (QED) is 0.184. The van der Waals surface area contributed by atoms with Crippen LogP contribution in [0.15, 0.2) is 133 Å². The normalized spacial score (nSPS) is 15.2. The maximum absolute atomic E-state index is 2.46. The topological polar surface area (TPSA) is 0 Å². The van der Waals surface area contributed by atoms with E-state index in [1.165, 1.54) is 88.3 Å². The Morgan fingerprint density at radius 3 is 1.43 bits per heavy atom. The number of fused-ring (bicyclic) bond motifs is 8. The fraction of sp³-hybridized carbons (Fsp3) is 0.136. The van der Waals surface area contributed by atoms with E-state index in [0.717, 1.165) is 0 Å². The van der Waals surface area contributed by atoms with Crippen LogP contribution in [0.2, 0.25) is 0 Å². The molecule has 0 aromatic heterocycles. The number of benzene rings is 7. The Kier molecular flexibility index (Phi) is 5.11. The molecule has 0 bridgehead atoms. The van der Waals surface area contributed by atoms with Crippen molar-refractivity contribution in [2.24, 2.45) is 0 Å². The molecule has 0 atom stereocenters. The second-order valence-electron chi connectivity index (χ2n) is 13.7. The van der Waals surface area contributed by atoms with Gasteiger partial charge in [0.05, 0.1) is 0 Å². The summed E-state index contributed by atoms with van der Waals surface area (Å²) in [6.07, 6.45) is 0. The summed E-state index contributed by atoms with van der Waals surface area (Å²) in [6, 6.07) is 50.2. The monoisotopic (exact) mass is 562 g/mol. The number of hydrogen-bond acceptors (Lipinski definition) is 0. The van der Waals surface area contributed by atoms with Crippen molar-refractivity contribution < 1.29 is 0 Å². The van der Waals surface area contributed by atoms with Crippen LogP contribution in [0.3, 0.4) is 0 Å². The van der Waals surface area contributed by atoms with E-state index in [1.807, 2.05) is 0 Å². The summed E-state index contributed by atoms with van der Waals surface area (Å²) in [5.74, 6) is 0. The molecule has 0 nitrogen and oxygen atoms in total. The Hall–Kier alpha value is -4.94. The molecule has 7 aromatic carbocycles. The Morgan fingerprint density at radius 2 is 0.795 bits per heavy atom. The van der Waals surface area contributed by atoms with Crippen LogP contribution in [0.25, 0.3) is 66.1 Å². The fourth-order valence-corrected chi connectivity index (χ4v) is 8.66. The molecule has 0 saturated heterocycles. The van der Waals surface area contributed by atoms with Crippen LogP contribution in [0.4, 0.5) is 0 Å². The van der Waals surface area contributed by atoms with Crippen molar-refractivity contribution in [1.29, 1.82) is 0 Å². The van der Waals surface area contributed by atoms with E-state index in [1.54, 1.807) is 0 Å². The molecule has 210 valence electrons. The molecule has 0 spiro atoms. The number of hydrogen-bond donors (Lipinski definition) is 0. The van der Waals surface area contributed by atoms with Crippen molar-refractivity contribution in [3.63, 3.8) is 0 Å².